The molecule has 3 aromatic carbocycles. The van der Waals surface area contributed by atoms with Crippen molar-refractivity contribution in [1.29, 1.82) is 0 Å². The SMILES string of the molecule is CCc1ccc(OCC(=O)Nc2ccc3oc(-c4cc(C)cc(C)c4)nc3c2)cc1. The Morgan fingerprint density at radius 3 is 2.43 bits per heavy atom. The van der Waals surface area contributed by atoms with Gasteiger partial charge in [0.2, 0.25) is 5.89 Å². The van der Waals surface area contributed by atoms with Crippen molar-refractivity contribution < 1.29 is 13.9 Å². The van der Waals surface area contributed by atoms with Crippen molar-refractivity contribution in [3.05, 3.63) is 77.4 Å². The molecule has 1 amide bonds. The highest BCUT2D eigenvalue weighted by molar-refractivity contribution is 5.94. The number of rotatable bonds is 6. The summed E-state index contributed by atoms with van der Waals surface area (Å²) in [5.74, 6) is 1.01. The third kappa shape index (κ3) is 4.51. The summed E-state index contributed by atoms with van der Waals surface area (Å²) < 4.78 is 11.5. The number of oxazole rings is 1. The van der Waals surface area contributed by atoms with Crippen LogP contribution in [-0.4, -0.2) is 17.5 Å². The Bertz CT molecular complexity index is 1170. The minimum Gasteiger partial charge on any atom is -0.484 e. The summed E-state index contributed by atoms with van der Waals surface area (Å²) in [5, 5.41) is 2.85. The number of hydrogen-bond donors (Lipinski definition) is 1. The van der Waals surface area contributed by atoms with Crippen LogP contribution < -0.4 is 10.1 Å². The number of aryl methyl sites for hydroxylation is 3. The van der Waals surface area contributed by atoms with E-state index in [0.29, 0.717) is 28.4 Å². The second-order valence-electron chi connectivity index (χ2n) is 7.41. The van der Waals surface area contributed by atoms with Gasteiger partial charge in [0, 0.05) is 11.3 Å². The first-order valence-electron chi connectivity index (χ1n) is 10.0. The molecule has 0 fully saturated rings. The fourth-order valence-corrected chi connectivity index (χ4v) is 3.39. The summed E-state index contributed by atoms with van der Waals surface area (Å²) >= 11 is 0. The number of carbonyl (C=O) groups is 1. The van der Waals surface area contributed by atoms with Crippen molar-refractivity contribution in [2.45, 2.75) is 27.2 Å². The van der Waals surface area contributed by atoms with Crippen LogP contribution in [0.1, 0.15) is 23.6 Å². The number of amides is 1. The van der Waals surface area contributed by atoms with Crippen LogP contribution in [0.25, 0.3) is 22.6 Å². The van der Waals surface area contributed by atoms with E-state index < -0.39 is 0 Å². The van der Waals surface area contributed by atoms with Crippen molar-refractivity contribution in [2.75, 3.05) is 11.9 Å². The average molecular weight is 400 g/mol. The molecule has 1 aromatic heterocycles. The molecule has 0 aliphatic rings. The average Bonchev–Trinajstić information content (AvgIpc) is 3.15. The number of hydrogen-bond acceptors (Lipinski definition) is 4. The Balaban J connectivity index is 1.44. The molecule has 1 heterocycles. The Kier molecular flexibility index (Phi) is 5.53. The Hall–Kier alpha value is -3.60. The van der Waals surface area contributed by atoms with Gasteiger partial charge in [-0.2, -0.15) is 0 Å². The molecule has 4 rings (SSSR count). The molecule has 5 nitrogen and oxygen atoms in total. The number of nitrogens with one attached hydrogen (secondary N) is 1. The molecule has 0 aliphatic heterocycles. The van der Waals surface area contributed by atoms with Gasteiger partial charge in [0.05, 0.1) is 0 Å². The predicted molar refractivity (Wildman–Crippen MR) is 119 cm³/mol. The smallest absolute Gasteiger partial charge is 0.262 e. The number of benzene rings is 3. The molecule has 152 valence electrons. The zero-order chi connectivity index (χ0) is 21.1. The first kappa shape index (κ1) is 19.7. The maximum Gasteiger partial charge on any atom is 0.262 e. The van der Waals surface area contributed by atoms with Gasteiger partial charge in [-0.1, -0.05) is 36.2 Å². The van der Waals surface area contributed by atoms with E-state index in [9.17, 15) is 4.79 Å². The van der Waals surface area contributed by atoms with E-state index in [1.165, 1.54) is 5.56 Å². The fourth-order valence-electron chi connectivity index (χ4n) is 3.39. The monoisotopic (exact) mass is 400 g/mol. The molecule has 0 aliphatic carbocycles. The molecule has 4 aromatic rings. The number of carbonyl (C=O) groups excluding carboxylic acids is 1. The van der Waals surface area contributed by atoms with Gasteiger partial charge in [0.25, 0.3) is 5.91 Å². The largest absolute Gasteiger partial charge is 0.484 e. The summed E-state index contributed by atoms with van der Waals surface area (Å²) in [6.45, 7) is 6.14. The number of anilines is 1. The molecule has 5 heteroatoms. The molecule has 30 heavy (non-hydrogen) atoms. The van der Waals surface area contributed by atoms with Crippen molar-refractivity contribution >= 4 is 22.7 Å². The molecule has 0 unspecified atom stereocenters. The van der Waals surface area contributed by atoms with Gasteiger partial charge in [-0.3, -0.25) is 4.79 Å². The van der Waals surface area contributed by atoms with Gasteiger partial charge in [-0.05, 0) is 68.3 Å². The van der Waals surface area contributed by atoms with Crippen LogP contribution in [0.3, 0.4) is 0 Å². The van der Waals surface area contributed by atoms with Crippen LogP contribution in [0.4, 0.5) is 5.69 Å². The molecule has 0 radical (unpaired) electrons. The quantitative estimate of drug-likeness (QED) is 0.451. The van der Waals surface area contributed by atoms with Crippen molar-refractivity contribution in [3.8, 4) is 17.2 Å². The first-order valence-corrected chi connectivity index (χ1v) is 10.0. The van der Waals surface area contributed by atoms with E-state index in [0.717, 1.165) is 23.1 Å². The van der Waals surface area contributed by atoms with E-state index in [2.05, 4.69) is 23.3 Å². The fraction of sp³-hybridized carbons (Fsp3) is 0.200. The highest BCUT2D eigenvalue weighted by Gasteiger charge is 2.11. The number of nitrogens with zero attached hydrogens (tertiary/aromatic N) is 1. The summed E-state index contributed by atoms with van der Waals surface area (Å²) in [6, 6.07) is 19.4. The molecule has 0 saturated heterocycles. The van der Waals surface area contributed by atoms with Gasteiger partial charge in [0.1, 0.15) is 11.3 Å². The van der Waals surface area contributed by atoms with E-state index >= 15 is 0 Å². The maximum atomic E-state index is 12.3. The lowest BCUT2D eigenvalue weighted by molar-refractivity contribution is -0.118. The lowest BCUT2D eigenvalue weighted by Gasteiger charge is -2.08. The Labute approximate surface area is 175 Å². The molecular weight excluding hydrogens is 376 g/mol. The van der Waals surface area contributed by atoms with Gasteiger partial charge in [0.15, 0.2) is 12.2 Å². The van der Waals surface area contributed by atoms with E-state index in [1.54, 1.807) is 12.1 Å². The number of fused-ring (bicyclic) bond motifs is 1. The van der Waals surface area contributed by atoms with Crippen LogP contribution in [0.5, 0.6) is 5.75 Å². The minimum atomic E-state index is -0.230. The van der Waals surface area contributed by atoms with E-state index in [1.807, 2.05) is 56.3 Å². The maximum absolute atomic E-state index is 12.3. The highest BCUT2D eigenvalue weighted by atomic mass is 16.5. The first-order chi connectivity index (χ1) is 14.5. The van der Waals surface area contributed by atoms with E-state index in [-0.39, 0.29) is 12.5 Å². The van der Waals surface area contributed by atoms with Crippen molar-refractivity contribution in [3.63, 3.8) is 0 Å². The molecule has 0 atom stereocenters. The van der Waals surface area contributed by atoms with Crippen LogP contribution in [-0.2, 0) is 11.2 Å². The normalized spacial score (nSPS) is 10.9. The lowest BCUT2D eigenvalue weighted by atomic mass is 10.1. The highest BCUT2D eigenvalue weighted by Crippen LogP contribution is 2.27. The zero-order valence-corrected chi connectivity index (χ0v) is 17.4. The van der Waals surface area contributed by atoms with Crippen LogP contribution >= 0.6 is 0 Å². The van der Waals surface area contributed by atoms with Gasteiger partial charge in [-0.25, -0.2) is 4.98 Å². The molecular formula is C25H24N2O3. The van der Waals surface area contributed by atoms with Crippen LogP contribution in [0, 0.1) is 13.8 Å². The van der Waals surface area contributed by atoms with Gasteiger partial charge < -0.3 is 14.5 Å². The van der Waals surface area contributed by atoms with Crippen LogP contribution in [0.2, 0.25) is 0 Å². The third-order valence-corrected chi connectivity index (χ3v) is 4.84. The summed E-state index contributed by atoms with van der Waals surface area (Å²) in [6.07, 6.45) is 0.969. The topological polar surface area (TPSA) is 64.4 Å². The van der Waals surface area contributed by atoms with Crippen molar-refractivity contribution in [1.82, 2.24) is 4.98 Å². The van der Waals surface area contributed by atoms with Gasteiger partial charge >= 0.3 is 0 Å². The Morgan fingerprint density at radius 1 is 1.00 bits per heavy atom. The molecule has 0 bridgehead atoms. The lowest BCUT2D eigenvalue weighted by Crippen LogP contribution is -2.20. The van der Waals surface area contributed by atoms with E-state index in [4.69, 9.17) is 9.15 Å². The predicted octanol–water partition coefficient (Wildman–Crippen LogP) is 5.69. The second-order valence-corrected chi connectivity index (χ2v) is 7.41. The zero-order valence-electron chi connectivity index (χ0n) is 17.4. The van der Waals surface area contributed by atoms with Crippen molar-refractivity contribution in [2.24, 2.45) is 0 Å². The molecule has 0 saturated carbocycles. The third-order valence-electron chi connectivity index (χ3n) is 4.84. The number of ether oxygens (including phenoxy) is 1. The molecule has 0 spiro atoms. The Morgan fingerprint density at radius 2 is 1.73 bits per heavy atom. The summed E-state index contributed by atoms with van der Waals surface area (Å²) in [7, 11) is 0. The minimum absolute atomic E-state index is 0.0594. The summed E-state index contributed by atoms with van der Waals surface area (Å²) in [4.78, 5) is 16.9. The standard InChI is InChI=1S/C25H24N2O3/c1-4-18-5-8-21(9-6-18)29-15-24(28)26-20-7-10-23-22(14-20)27-25(30-23)19-12-16(2)11-17(3)13-19/h5-14H,4,15H2,1-3H3,(H,26,28). The second kappa shape index (κ2) is 8.41. The summed E-state index contributed by atoms with van der Waals surface area (Å²) in [5.41, 5.74) is 6.50. The van der Waals surface area contributed by atoms with Crippen LogP contribution in [0.15, 0.2) is 65.1 Å². The molecule has 1 N–H and O–H groups in total. The van der Waals surface area contributed by atoms with Gasteiger partial charge in [-0.15, -0.1) is 0 Å². The number of aromatic nitrogens is 1.